The second-order valence-corrected chi connectivity index (χ2v) is 5.03. The van der Waals surface area contributed by atoms with Gasteiger partial charge in [0.15, 0.2) is 0 Å². The molecule has 1 atom stereocenters. The fourth-order valence-corrected chi connectivity index (χ4v) is 2.89. The van der Waals surface area contributed by atoms with Gasteiger partial charge in [-0.25, -0.2) is 0 Å². The summed E-state index contributed by atoms with van der Waals surface area (Å²) in [5.41, 5.74) is 1.30. The monoisotopic (exact) mass is 230 g/mol. The van der Waals surface area contributed by atoms with Gasteiger partial charge in [-0.1, -0.05) is 30.3 Å². The molecule has 2 bridgehead atoms. The Hall–Kier alpha value is -1.35. The van der Waals surface area contributed by atoms with E-state index in [1.54, 1.807) is 0 Å². The molecule has 0 N–H and O–H groups in total. The molecule has 17 heavy (non-hydrogen) atoms. The average molecular weight is 230 g/mol. The Morgan fingerprint density at radius 1 is 1.24 bits per heavy atom. The van der Waals surface area contributed by atoms with Gasteiger partial charge in [-0.3, -0.25) is 9.69 Å². The minimum Gasteiger partial charge on any atom is -0.340 e. The van der Waals surface area contributed by atoms with Gasteiger partial charge >= 0.3 is 0 Å². The number of nitrogens with zero attached hydrogens (tertiary/aromatic N) is 2. The summed E-state index contributed by atoms with van der Waals surface area (Å²) < 4.78 is 0. The van der Waals surface area contributed by atoms with Crippen molar-refractivity contribution in [3.63, 3.8) is 0 Å². The third-order valence-electron chi connectivity index (χ3n) is 3.83. The molecule has 1 aromatic carbocycles. The number of piperazine rings is 1. The van der Waals surface area contributed by atoms with Crippen LogP contribution in [0.3, 0.4) is 0 Å². The highest BCUT2D eigenvalue weighted by molar-refractivity contribution is 5.79. The van der Waals surface area contributed by atoms with Crippen molar-refractivity contribution in [2.75, 3.05) is 19.6 Å². The predicted molar refractivity (Wildman–Crippen MR) is 66.5 cm³/mol. The Morgan fingerprint density at radius 3 is 2.88 bits per heavy atom. The molecule has 0 aliphatic carbocycles. The van der Waals surface area contributed by atoms with Gasteiger partial charge in [0, 0.05) is 25.7 Å². The number of benzene rings is 1. The van der Waals surface area contributed by atoms with Crippen LogP contribution in [0, 0.1) is 0 Å². The van der Waals surface area contributed by atoms with Gasteiger partial charge in [0.05, 0.1) is 6.54 Å². The van der Waals surface area contributed by atoms with Crippen LogP contribution < -0.4 is 0 Å². The van der Waals surface area contributed by atoms with Crippen LogP contribution in [-0.2, 0) is 11.3 Å². The molecular formula is C14H18N2O. The minimum absolute atomic E-state index is 0.303. The van der Waals surface area contributed by atoms with Crippen LogP contribution in [0.5, 0.6) is 0 Å². The second kappa shape index (κ2) is 4.49. The van der Waals surface area contributed by atoms with E-state index < -0.39 is 0 Å². The molecule has 1 unspecified atom stereocenters. The van der Waals surface area contributed by atoms with E-state index >= 15 is 0 Å². The molecule has 2 aliphatic heterocycles. The van der Waals surface area contributed by atoms with Crippen LogP contribution in [0.4, 0.5) is 0 Å². The molecule has 3 rings (SSSR count). The van der Waals surface area contributed by atoms with E-state index in [-0.39, 0.29) is 0 Å². The van der Waals surface area contributed by atoms with Gasteiger partial charge in [0.2, 0.25) is 5.91 Å². The lowest BCUT2D eigenvalue weighted by molar-refractivity contribution is -0.141. The molecule has 0 aromatic heterocycles. The first-order valence-electron chi connectivity index (χ1n) is 6.39. The maximum Gasteiger partial charge on any atom is 0.236 e. The standard InChI is InChI=1S/C14H18N2O/c17-14-11-16(9-12-5-2-1-3-6-12)13-7-4-8-15(14)10-13/h1-3,5-6,13H,4,7-11H2. The highest BCUT2D eigenvalue weighted by atomic mass is 16.2. The molecule has 90 valence electrons. The summed E-state index contributed by atoms with van der Waals surface area (Å²) in [5.74, 6) is 0.303. The van der Waals surface area contributed by atoms with Crippen molar-refractivity contribution in [3.05, 3.63) is 35.9 Å². The van der Waals surface area contributed by atoms with E-state index in [0.717, 1.165) is 26.1 Å². The van der Waals surface area contributed by atoms with Crippen LogP contribution in [0.2, 0.25) is 0 Å². The molecule has 2 aliphatic rings. The van der Waals surface area contributed by atoms with Crippen molar-refractivity contribution in [2.45, 2.75) is 25.4 Å². The number of hydrogen-bond acceptors (Lipinski definition) is 2. The Labute approximate surface area is 102 Å². The van der Waals surface area contributed by atoms with E-state index in [1.165, 1.54) is 12.0 Å². The maximum atomic E-state index is 11.9. The summed E-state index contributed by atoms with van der Waals surface area (Å²) in [6.07, 6.45) is 2.39. The molecule has 2 heterocycles. The molecule has 0 spiro atoms. The lowest BCUT2D eigenvalue weighted by Crippen LogP contribution is -2.58. The van der Waals surface area contributed by atoms with Gasteiger partial charge in [-0.05, 0) is 18.4 Å². The maximum absolute atomic E-state index is 11.9. The Kier molecular flexibility index (Phi) is 2.85. The number of carbonyl (C=O) groups is 1. The smallest absolute Gasteiger partial charge is 0.236 e. The first-order chi connectivity index (χ1) is 8.33. The molecule has 2 saturated heterocycles. The third kappa shape index (κ3) is 2.20. The van der Waals surface area contributed by atoms with E-state index in [1.807, 2.05) is 11.0 Å². The number of carbonyl (C=O) groups excluding carboxylic acids is 1. The zero-order chi connectivity index (χ0) is 11.7. The summed E-state index contributed by atoms with van der Waals surface area (Å²) in [5, 5.41) is 0. The first kappa shape index (κ1) is 10.8. The Bertz CT molecular complexity index is 404. The molecule has 0 saturated carbocycles. The van der Waals surface area contributed by atoms with Crippen LogP contribution >= 0.6 is 0 Å². The Balaban J connectivity index is 1.72. The predicted octanol–water partition coefficient (Wildman–Crippen LogP) is 1.49. The molecule has 0 radical (unpaired) electrons. The van der Waals surface area contributed by atoms with E-state index in [9.17, 15) is 4.79 Å². The van der Waals surface area contributed by atoms with Crippen LogP contribution in [0.25, 0.3) is 0 Å². The summed E-state index contributed by atoms with van der Waals surface area (Å²) in [4.78, 5) is 16.3. The van der Waals surface area contributed by atoms with E-state index in [0.29, 0.717) is 18.5 Å². The average Bonchev–Trinajstić information content (AvgIpc) is 2.38. The quantitative estimate of drug-likeness (QED) is 0.768. The fourth-order valence-electron chi connectivity index (χ4n) is 2.89. The lowest BCUT2D eigenvalue weighted by Gasteiger charge is -2.44. The molecule has 3 heteroatoms. The van der Waals surface area contributed by atoms with Crippen LogP contribution in [-0.4, -0.2) is 41.4 Å². The van der Waals surface area contributed by atoms with Gasteiger partial charge in [-0.2, -0.15) is 0 Å². The van der Waals surface area contributed by atoms with E-state index in [4.69, 9.17) is 0 Å². The van der Waals surface area contributed by atoms with Crippen molar-refractivity contribution in [1.29, 1.82) is 0 Å². The summed E-state index contributed by atoms with van der Waals surface area (Å²) in [6.45, 7) is 3.41. The van der Waals surface area contributed by atoms with Gasteiger partial charge in [0.25, 0.3) is 0 Å². The topological polar surface area (TPSA) is 23.6 Å². The molecule has 1 amide bonds. The van der Waals surface area contributed by atoms with Gasteiger partial charge in [-0.15, -0.1) is 0 Å². The lowest BCUT2D eigenvalue weighted by atomic mass is 10.00. The molecule has 3 nitrogen and oxygen atoms in total. The van der Waals surface area contributed by atoms with Crippen molar-refractivity contribution in [2.24, 2.45) is 0 Å². The fraction of sp³-hybridized carbons (Fsp3) is 0.500. The van der Waals surface area contributed by atoms with Crippen molar-refractivity contribution in [3.8, 4) is 0 Å². The minimum atomic E-state index is 0.303. The number of piperidine rings is 1. The number of amides is 1. The third-order valence-corrected chi connectivity index (χ3v) is 3.83. The molecule has 1 aromatic rings. The Morgan fingerprint density at radius 2 is 2.06 bits per heavy atom. The van der Waals surface area contributed by atoms with Gasteiger partial charge < -0.3 is 4.90 Å². The largest absolute Gasteiger partial charge is 0.340 e. The highest BCUT2D eigenvalue weighted by Crippen LogP contribution is 2.22. The SMILES string of the molecule is O=C1CN(Cc2ccccc2)C2CCCN1C2. The van der Waals surface area contributed by atoms with Crippen LogP contribution in [0.1, 0.15) is 18.4 Å². The zero-order valence-electron chi connectivity index (χ0n) is 10.0. The first-order valence-corrected chi connectivity index (χ1v) is 6.39. The van der Waals surface area contributed by atoms with Crippen molar-refractivity contribution in [1.82, 2.24) is 9.80 Å². The number of fused-ring (bicyclic) bond motifs is 2. The summed E-state index contributed by atoms with van der Waals surface area (Å²) in [7, 11) is 0. The van der Waals surface area contributed by atoms with Gasteiger partial charge in [0.1, 0.15) is 0 Å². The van der Waals surface area contributed by atoms with Crippen molar-refractivity contribution >= 4 is 5.91 Å². The normalized spacial score (nSPS) is 25.1. The number of hydrogen-bond donors (Lipinski definition) is 0. The second-order valence-electron chi connectivity index (χ2n) is 5.03. The zero-order valence-corrected chi connectivity index (χ0v) is 10.0. The summed E-state index contributed by atoms with van der Waals surface area (Å²) >= 11 is 0. The van der Waals surface area contributed by atoms with E-state index in [2.05, 4.69) is 29.2 Å². The highest BCUT2D eigenvalue weighted by Gasteiger charge is 2.34. The molecular weight excluding hydrogens is 212 g/mol. The number of rotatable bonds is 2. The van der Waals surface area contributed by atoms with Crippen molar-refractivity contribution < 1.29 is 4.79 Å². The molecule has 2 fully saturated rings. The van der Waals surface area contributed by atoms with Crippen LogP contribution in [0.15, 0.2) is 30.3 Å². The summed E-state index contributed by atoms with van der Waals surface area (Å²) in [6, 6.07) is 11.0.